The quantitative estimate of drug-likeness (QED) is 0.907. The zero-order valence-electron chi connectivity index (χ0n) is 11.9. The maximum atomic E-state index is 6.47. The SMILES string of the molecule is Cc1cccc(N(C)CC(C)(N)c2ccccc2)c1. The fraction of sp³-hybridized carbons (Fsp3) is 0.294. The van der Waals surface area contributed by atoms with Gasteiger partial charge in [0.05, 0.1) is 5.54 Å². The lowest BCUT2D eigenvalue weighted by molar-refractivity contribution is 0.495. The number of nitrogens with two attached hydrogens (primary N) is 1. The Morgan fingerprint density at radius 3 is 2.37 bits per heavy atom. The van der Waals surface area contributed by atoms with Crippen LogP contribution in [0.25, 0.3) is 0 Å². The van der Waals surface area contributed by atoms with Crippen molar-refractivity contribution in [1.82, 2.24) is 0 Å². The summed E-state index contributed by atoms with van der Waals surface area (Å²) in [7, 11) is 2.09. The van der Waals surface area contributed by atoms with E-state index in [4.69, 9.17) is 5.73 Å². The van der Waals surface area contributed by atoms with Crippen LogP contribution in [0.5, 0.6) is 0 Å². The van der Waals surface area contributed by atoms with Gasteiger partial charge in [-0.15, -0.1) is 0 Å². The Bertz CT molecular complexity index is 532. The Morgan fingerprint density at radius 2 is 1.74 bits per heavy atom. The second-order valence-corrected chi connectivity index (χ2v) is 5.48. The van der Waals surface area contributed by atoms with Gasteiger partial charge in [0.2, 0.25) is 0 Å². The van der Waals surface area contributed by atoms with E-state index in [1.165, 1.54) is 11.3 Å². The van der Waals surface area contributed by atoms with Gasteiger partial charge in [0.25, 0.3) is 0 Å². The first kappa shape index (κ1) is 13.6. The molecule has 2 rings (SSSR count). The predicted octanol–water partition coefficient (Wildman–Crippen LogP) is 3.31. The Morgan fingerprint density at radius 1 is 1.05 bits per heavy atom. The van der Waals surface area contributed by atoms with Crippen molar-refractivity contribution < 1.29 is 0 Å². The molecule has 0 bridgehead atoms. The molecule has 0 amide bonds. The highest BCUT2D eigenvalue weighted by Crippen LogP contribution is 2.22. The van der Waals surface area contributed by atoms with E-state index in [9.17, 15) is 0 Å². The molecule has 2 heteroatoms. The molecule has 100 valence electrons. The van der Waals surface area contributed by atoms with Crippen LogP contribution in [0.15, 0.2) is 54.6 Å². The third-order valence-electron chi connectivity index (χ3n) is 3.44. The minimum absolute atomic E-state index is 0.361. The van der Waals surface area contributed by atoms with Gasteiger partial charge in [-0.1, -0.05) is 42.5 Å². The van der Waals surface area contributed by atoms with Gasteiger partial charge in [-0.05, 0) is 37.1 Å². The molecule has 0 saturated heterocycles. The summed E-state index contributed by atoms with van der Waals surface area (Å²) in [6, 6.07) is 18.8. The molecule has 0 aromatic heterocycles. The average molecular weight is 254 g/mol. The molecule has 0 spiro atoms. The number of aryl methyl sites for hydroxylation is 1. The number of benzene rings is 2. The summed E-state index contributed by atoms with van der Waals surface area (Å²) in [6.07, 6.45) is 0. The van der Waals surface area contributed by atoms with Crippen LogP contribution in [0.3, 0.4) is 0 Å². The normalized spacial score (nSPS) is 13.9. The van der Waals surface area contributed by atoms with Crippen molar-refractivity contribution in [2.24, 2.45) is 5.73 Å². The summed E-state index contributed by atoms with van der Waals surface area (Å²) >= 11 is 0. The van der Waals surface area contributed by atoms with Gasteiger partial charge in [0, 0.05) is 19.3 Å². The Hall–Kier alpha value is -1.80. The van der Waals surface area contributed by atoms with Gasteiger partial charge in [-0.2, -0.15) is 0 Å². The largest absolute Gasteiger partial charge is 0.372 e. The molecule has 0 heterocycles. The van der Waals surface area contributed by atoms with Gasteiger partial charge >= 0.3 is 0 Å². The second-order valence-electron chi connectivity index (χ2n) is 5.48. The molecule has 19 heavy (non-hydrogen) atoms. The highest BCUT2D eigenvalue weighted by molar-refractivity contribution is 5.48. The first-order valence-electron chi connectivity index (χ1n) is 6.61. The summed E-state index contributed by atoms with van der Waals surface area (Å²) in [5, 5.41) is 0. The lowest BCUT2D eigenvalue weighted by atomic mass is 9.92. The van der Waals surface area contributed by atoms with Crippen LogP contribution in [0.1, 0.15) is 18.1 Å². The zero-order chi connectivity index (χ0) is 13.9. The minimum atomic E-state index is -0.361. The van der Waals surface area contributed by atoms with Crippen LogP contribution in [-0.4, -0.2) is 13.6 Å². The minimum Gasteiger partial charge on any atom is -0.372 e. The molecule has 0 saturated carbocycles. The van der Waals surface area contributed by atoms with E-state index in [0.29, 0.717) is 0 Å². The lowest BCUT2D eigenvalue weighted by Gasteiger charge is -2.32. The van der Waals surface area contributed by atoms with Crippen LogP contribution in [0.4, 0.5) is 5.69 Å². The van der Waals surface area contributed by atoms with Crippen LogP contribution in [0, 0.1) is 6.92 Å². The fourth-order valence-electron chi connectivity index (χ4n) is 2.36. The van der Waals surface area contributed by atoms with E-state index >= 15 is 0 Å². The molecule has 2 nitrogen and oxygen atoms in total. The maximum Gasteiger partial charge on any atom is 0.0558 e. The number of anilines is 1. The van der Waals surface area contributed by atoms with Crippen LogP contribution in [0.2, 0.25) is 0 Å². The Kier molecular flexibility index (Phi) is 3.91. The van der Waals surface area contributed by atoms with Crippen molar-refractivity contribution in [2.75, 3.05) is 18.5 Å². The summed E-state index contributed by atoms with van der Waals surface area (Å²) in [5.41, 5.74) is 9.74. The van der Waals surface area contributed by atoms with E-state index in [-0.39, 0.29) is 5.54 Å². The molecule has 2 N–H and O–H groups in total. The predicted molar refractivity (Wildman–Crippen MR) is 82.4 cm³/mol. The standard InChI is InChI=1S/C17H22N2/c1-14-8-7-11-16(12-14)19(3)13-17(2,18)15-9-5-4-6-10-15/h4-12H,13,18H2,1-3H3. The number of nitrogens with zero attached hydrogens (tertiary/aromatic N) is 1. The van der Waals surface area contributed by atoms with Crippen molar-refractivity contribution >= 4 is 5.69 Å². The second kappa shape index (κ2) is 5.45. The third kappa shape index (κ3) is 3.36. The number of hydrogen-bond acceptors (Lipinski definition) is 2. The summed E-state index contributed by atoms with van der Waals surface area (Å²) in [6.45, 7) is 4.96. The van der Waals surface area contributed by atoms with Gasteiger partial charge in [0.15, 0.2) is 0 Å². The van der Waals surface area contributed by atoms with E-state index in [1.807, 2.05) is 18.2 Å². The van der Waals surface area contributed by atoms with E-state index < -0.39 is 0 Å². The third-order valence-corrected chi connectivity index (χ3v) is 3.44. The first-order chi connectivity index (χ1) is 8.99. The highest BCUT2D eigenvalue weighted by atomic mass is 15.1. The van der Waals surface area contributed by atoms with E-state index in [0.717, 1.165) is 12.1 Å². The maximum absolute atomic E-state index is 6.47. The van der Waals surface area contributed by atoms with Crippen LogP contribution < -0.4 is 10.6 Å². The average Bonchev–Trinajstić information content (AvgIpc) is 2.39. The van der Waals surface area contributed by atoms with Crippen molar-refractivity contribution in [3.05, 3.63) is 65.7 Å². The molecule has 2 aromatic carbocycles. The lowest BCUT2D eigenvalue weighted by Crippen LogP contribution is -2.44. The van der Waals surface area contributed by atoms with Crippen molar-refractivity contribution in [3.8, 4) is 0 Å². The highest BCUT2D eigenvalue weighted by Gasteiger charge is 2.23. The molecular formula is C17H22N2. The molecule has 0 aliphatic rings. The van der Waals surface area contributed by atoms with Crippen molar-refractivity contribution in [1.29, 1.82) is 0 Å². The smallest absolute Gasteiger partial charge is 0.0558 e. The van der Waals surface area contributed by atoms with Crippen molar-refractivity contribution in [3.63, 3.8) is 0 Å². The van der Waals surface area contributed by atoms with Crippen LogP contribution >= 0.6 is 0 Å². The van der Waals surface area contributed by atoms with Gasteiger partial charge < -0.3 is 10.6 Å². The molecular weight excluding hydrogens is 232 g/mol. The van der Waals surface area contributed by atoms with E-state index in [1.54, 1.807) is 0 Å². The summed E-state index contributed by atoms with van der Waals surface area (Å²) in [5.74, 6) is 0. The molecule has 0 radical (unpaired) electrons. The monoisotopic (exact) mass is 254 g/mol. The topological polar surface area (TPSA) is 29.3 Å². The Balaban J connectivity index is 2.16. The summed E-state index contributed by atoms with van der Waals surface area (Å²) < 4.78 is 0. The van der Waals surface area contributed by atoms with Crippen LogP contribution in [-0.2, 0) is 5.54 Å². The van der Waals surface area contributed by atoms with E-state index in [2.05, 4.69) is 62.2 Å². The summed E-state index contributed by atoms with van der Waals surface area (Å²) in [4.78, 5) is 2.21. The molecule has 1 unspecified atom stereocenters. The molecule has 0 aliphatic carbocycles. The molecule has 1 atom stereocenters. The number of likely N-dealkylation sites (N-methyl/N-ethyl adjacent to an activating group) is 1. The van der Waals surface area contributed by atoms with Gasteiger partial charge in [-0.3, -0.25) is 0 Å². The molecule has 2 aromatic rings. The number of hydrogen-bond donors (Lipinski definition) is 1. The Labute approximate surface area is 115 Å². The van der Waals surface area contributed by atoms with Gasteiger partial charge in [0.1, 0.15) is 0 Å². The molecule has 0 fully saturated rings. The van der Waals surface area contributed by atoms with Crippen molar-refractivity contribution in [2.45, 2.75) is 19.4 Å². The van der Waals surface area contributed by atoms with Gasteiger partial charge in [-0.25, -0.2) is 0 Å². The zero-order valence-corrected chi connectivity index (χ0v) is 11.9. The fourth-order valence-corrected chi connectivity index (χ4v) is 2.36. The number of rotatable bonds is 4. The molecule has 0 aliphatic heterocycles. The first-order valence-corrected chi connectivity index (χ1v) is 6.61.